The molecular weight excluding hydrogens is 273 g/mol. The van der Waals surface area contributed by atoms with Gasteiger partial charge in [-0.15, -0.1) is 0 Å². The van der Waals surface area contributed by atoms with Crippen LogP contribution in [0, 0.1) is 0 Å². The average molecular weight is 281 g/mol. The molecule has 0 spiro atoms. The Balaban J connectivity index is 3.02. The van der Waals surface area contributed by atoms with Crippen molar-refractivity contribution in [3.8, 4) is 0 Å². The van der Waals surface area contributed by atoms with Crippen molar-refractivity contribution in [1.82, 2.24) is 0 Å². The quantitative estimate of drug-likeness (QED) is 0.485. The van der Waals surface area contributed by atoms with Crippen molar-refractivity contribution in [2.45, 2.75) is 6.18 Å². The lowest BCUT2D eigenvalue weighted by atomic mass is 10.2. The van der Waals surface area contributed by atoms with Gasteiger partial charge in [0.15, 0.2) is 5.95 Å². The van der Waals surface area contributed by atoms with Crippen LogP contribution >= 0.6 is 11.6 Å². The molecule has 0 fully saturated rings. The molecule has 0 bridgehead atoms. The van der Waals surface area contributed by atoms with E-state index in [0.717, 1.165) is 13.4 Å². The van der Waals surface area contributed by atoms with Crippen molar-refractivity contribution in [2.24, 2.45) is 0 Å². The van der Waals surface area contributed by atoms with Gasteiger partial charge < -0.3 is 9.84 Å². The third kappa shape index (κ3) is 3.96. The van der Waals surface area contributed by atoms with E-state index in [-0.39, 0.29) is 0 Å². The summed E-state index contributed by atoms with van der Waals surface area (Å²) >= 11 is 5.61. The Morgan fingerprint density at radius 2 is 1.89 bits per heavy atom. The van der Waals surface area contributed by atoms with E-state index < -0.39 is 17.9 Å². The van der Waals surface area contributed by atoms with Gasteiger partial charge in [-0.1, -0.05) is 11.6 Å². The van der Waals surface area contributed by atoms with Gasteiger partial charge >= 0.3 is 18.2 Å². The fourth-order valence-corrected chi connectivity index (χ4v) is 1.12. The van der Waals surface area contributed by atoms with E-state index >= 15 is 0 Å². The molecule has 0 heterocycles. The summed E-state index contributed by atoms with van der Waals surface area (Å²) in [6.07, 6.45) is -4.13. The summed E-state index contributed by atoms with van der Waals surface area (Å²) in [5.74, 6) is -3.33. The lowest BCUT2D eigenvalue weighted by molar-refractivity contribution is -0.389. The highest BCUT2D eigenvalue weighted by Crippen LogP contribution is 2.27. The van der Waals surface area contributed by atoms with Gasteiger partial charge in [0.05, 0.1) is 5.56 Å². The Morgan fingerprint density at radius 3 is 2.33 bits per heavy atom. The smallest absolute Gasteiger partial charge is 0.512 e. The van der Waals surface area contributed by atoms with Crippen molar-refractivity contribution in [1.29, 1.82) is 0 Å². The van der Waals surface area contributed by atoms with Crippen LogP contribution in [-0.2, 0) is 4.74 Å². The summed E-state index contributed by atoms with van der Waals surface area (Å²) in [6, 6.07) is 5.82. The number of hydrogen-bond acceptors (Lipinski definition) is 2. The van der Waals surface area contributed by atoms with E-state index in [1.807, 2.05) is 0 Å². The monoisotopic (exact) mass is 280 g/mol. The lowest BCUT2D eigenvalue weighted by Gasteiger charge is -2.07. The molecule has 98 valence electrons. The molecule has 0 saturated heterocycles. The summed E-state index contributed by atoms with van der Waals surface area (Å²) in [7, 11) is 0.833. The van der Waals surface area contributed by atoms with E-state index in [1.54, 1.807) is 0 Å². The topological polar surface area (TPSA) is 43.6 Å². The first-order chi connectivity index (χ1) is 8.34. The van der Waals surface area contributed by atoms with Crippen LogP contribution in [-0.4, -0.2) is 19.6 Å². The molecule has 1 aromatic carbocycles. The fourth-order valence-electron chi connectivity index (χ4n) is 0.992. The number of carbonyl (C=O) groups excluding carboxylic acids is 1. The van der Waals surface area contributed by atoms with Gasteiger partial charge in [0.25, 0.3) is 0 Å². The Kier molecular flexibility index (Phi) is 4.61. The van der Waals surface area contributed by atoms with Crippen LogP contribution < -0.4 is 5.11 Å². The highest BCUT2D eigenvalue weighted by Gasteiger charge is 2.46. The average Bonchev–Trinajstić information content (AvgIpc) is 2.29. The van der Waals surface area contributed by atoms with Gasteiger partial charge in [-0.25, -0.2) is 4.42 Å². The predicted molar refractivity (Wildman–Crippen MR) is 56.9 cm³/mol. The van der Waals surface area contributed by atoms with Crippen LogP contribution in [0.4, 0.5) is 13.2 Å². The Hall–Kier alpha value is -1.69. The summed E-state index contributed by atoms with van der Waals surface area (Å²) in [6.45, 7) is 0. The van der Waals surface area contributed by atoms with Crippen molar-refractivity contribution in [3.63, 3.8) is 0 Å². The normalized spacial score (nSPS) is 13.6. The Labute approximate surface area is 106 Å². The van der Waals surface area contributed by atoms with E-state index in [0.29, 0.717) is 10.6 Å². The molecule has 0 saturated carbocycles. The lowest BCUT2D eigenvalue weighted by Crippen LogP contribution is -2.20. The number of halogens is 4. The zero-order chi connectivity index (χ0) is 13.8. The van der Waals surface area contributed by atoms with Crippen LogP contribution in [0.25, 0.3) is 0 Å². The Morgan fingerprint density at radius 1 is 1.33 bits per heavy atom. The largest absolute Gasteiger partial charge is 0.610 e. The summed E-state index contributed by atoms with van der Waals surface area (Å²) in [4.78, 5) is 0. The third-order valence-corrected chi connectivity index (χ3v) is 2.06. The molecule has 0 aliphatic heterocycles. The number of ether oxygens (including phenoxy) is 1. The van der Waals surface area contributed by atoms with E-state index in [9.17, 15) is 18.3 Å². The van der Waals surface area contributed by atoms with Gasteiger partial charge in [-0.3, -0.25) is 0 Å². The second-order valence-electron chi connectivity index (χ2n) is 3.11. The third-order valence-electron chi connectivity index (χ3n) is 1.81. The highest BCUT2D eigenvalue weighted by molar-refractivity contribution is 6.30. The number of hydrogen-bond donors (Lipinski definition) is 0. The fraction of sp³-hybridized carbons (Fsp3) is 0.182. The first-order valence-corrected chi connectivity index (χ1v) is 5.00. The Bertz CT molecular complexity index is 463. The number of alkyl halides is 3. The maximum atomic E-state index is 12.4. The van der Waals surface area contributed by atoms with E-state index in [2.05, 4.69) is 9.16 Å². The van der Waals surface area contributed by atoms with Gasteiger partial charge in [0.1, 0.15) is 0 Å². The number of benzene rings is 1. The van der Waals surface area contributed by atoms with Gasteiger partial charge in [-0.2, -0.15) is 13.2 Å². The summed E-state index contributed by atoms with van der Waals surface area (Å²) < 4.78 is 45.6. The highest BCUT2D eigenvalue weighted by atomic mass is 35.5. The molecule has 0 amide bonds. The number of methoxy groups -OCH3 is 1. The van der Waals surface area contributed by atoms with Crippen molar-refractivity contribution < 1.29 is 27.4 Å². The second-order valence-corrected chi connectivity index (χ2v) is 3.54. The molecule has 0 radical (unpaired) electrons. The molecular formula is C11H8ClF3O3. The molecule has 0 atom stereocenters. The molecule has 0 aliphatic rings. The second kappa shape index (κ2) is 5.77. The first-order valence-electron chi connectivity index (χ1n) is 4.62. The SMILES string of the molecule is CO/C([O-])=C(/[O+]=Cc1ccc(Cl)cc1)C(F)(F)F. The van der Waals surface area contributed by atoms with Crippen LogP contribution in [0.2, 0.25) is 5.02 Å². The van der Waals surface area contributed by atoms with Crippen LogP contribution in [0.3, 0.4) is 0 Å². The maximum Gasteiger partial charge on any atom is 0.512 e. The molecule has 0 unspecified atom stereocenters. The van der Waals surface area contributed by atoms with E-state index in [1.165, 1.54) is 24.3 Å². The van der Waals surface area contributed by atoms with Crippen molar-refractivity contribution in [3.05, 3.63) is 46.6 Å². The zero-order valence-electron chi connectivity index (χ0n) is 9.12. The molecule has 1 aromatic rings. The molecule has 0 aliphatic carbocycles. The molecule has 0 aromatic heterocycles. The van der Waals surface area contributed by atoms with Crippen molar-refractivity contribution in [2.75, 3.05) is 7.11 Å². The van der Waals surface area contributed by atoms with Crippen molar-refractivity contribution >= 4 is 17.9 Å². The van der Waals surface area contributed by atoms with Gasteiger partial charge in [0.2, 0.25) is 0 Å². The standard InChI is InChI=1S/C11H8ClF3O3/c1-17-10(16)9(11(13,14)15)18-6-7-2-4-8(12)5-3-7/h2-6H,1H3/b10-9+. The molecule has 0 N–H and O–H groups in total. The van der Waals surface area contributed by atoms with Crippen LogP contribution in [0.5, 0.6) is 0 Å². The summed E-state index contributed by atoms with van der Waals surface area (Å²) in [5.41, 5.74) is 0.324. The molecule has 1 rings (SSSR count). The molecule has 7 heteroatoms. The summed E-state index contributed by atoms with van der Waals surface area (Å²) in [5, 5.41) is 11.3. The minimum atomic E-state index is -4.92. The van der Waals surface area contributed by atoms with Gasteiger partial charge in [-0.05, 0) is 31.4 Å². The number of aldehydes is 1. The zero-order valence-corrected chi connectivity index (χ0v) is 9.88. The first kappa shape index (κ1) is 14.4. The van der Waals surface area contributed by atoms with E-state index in [4.69, 9.17) is 11.6 Å². The molecule has 3 nitrogen and oxygen atoms in total. The number of allylic oxidation sites excluding steroid dienone is 1. The number of rotatable bonds is 3. The predicted octanol–water partition coefficient (Wildman–Crippen LogP) is 2.43. The van der Waals surface area contributed by atoms with Crippen LogP contribution in [0.1, 0.15) is 9.99 Å². The minimum absolute atomic E-state index is 0.324. The van der Waals surface area contributed by atoms with Crippen LogP contribution in [0.15, 0.2) is 36.0 Å². The van der Waals surface area contributed by atoms with Gasteiger partial charge in [0, 0.05) is 5.02 Å². The molecule has 18 heavy (non-hydrogen) atoms. The maximum absolute atomic E-state index is 12.4. The minimum Gasteiger partial charge on any atom is -0.610 e.